The van der Waals surface area contributed by atoms with Crippen LogP contribution in [0.5, 0.6) is 0 Å². The lowest BCUT2D eigenvalue weighted by atomic mass is 10.1. The normalized spacial score (nSPS) is 19.6. The van der Waals surface area contributed by atoms with Crippen LogP contribution in [-0.4, -0.2) is 29.8 Å². The molecule has 1 aromatic rings. The van der Waals surface area contributed by atoms with Gasteiger partial charge in [-0.1, -0.05) is 15.9 Å². The summed E-state index contributed by atoms with van der Waals surface area (Å²) in [6.45, 7) is 1.71. The third-order valence-electron chi connectivity index (χ3n) is 3.18. The van der Waals surface area contributed by atoms with Gasteiger partial charge in [-0.2, -0.15) is 0 Å². The first-order chi connectivity index (χ1) is 8.20. The third-order valence-corrected chi connectivity index (χ3v) is 3.93. The predicted molar refractivity (Wildman–Crippen MR) is 73.5 cm³/mol. The van der Waals surface area contributed by atoms with E-state index in [0.29, 0.717) is 11.8 Å². The fraction of sp³-hybridized carbons (Fsp3) is 0.462. The van der Waals surface area contributed by atoms with E-state index in [4.69, 9.17) is 11.6 Å². The average Bonchev–Trinajstić information content (AvgIpc) is 2.78. The van der Waals surface area contributed by atoms with Crippen molar-refractivity contribution < 1.29 is 4.79 Å². The Bertz CT molecular complexity index is 393. The smallest absolute Gasteiger partial charge is 0.253 e. The topological polar surface area (TPSA) is 20.3 Å². The molecule has 1 aliphatic heterocycles. The molecule has 1 saturated heterocycles. The van der Waals surface area contributed by atoms with Gasteiger partial charge in [0.1, 0.15) is 0 Å². The summed E-state index contributed by atoms with van der Waals surface area (Å²) in [6, 6.07) is 7.53. The highest BCUT2D eigenvalue weighted by Gasteiger charge is 2.26. The molecule has 2 nitrogen and oxygen atoms in total. The molecular weight excluding hydrogens is 302 g/mol. The molecule has 0 N–H and O–H groups in total. The minimum Gasteiger partial charge on any atom is -0.338 e. The maximum atomic E-state index is 12.2. The van der Waals surface area contributed by atoms with Gasteiger partial charge in [0.2, 0.25) is 0 Å². The summed E-state index contributed by atoms with van der Waals surface area (Å²) < 4.78 is 0.996. The number of benzene rings is 1. The van der Waals surface area contributed by atoms with E-state index in [1.165, 1.54) is 0 Å². The molecule has 0 spiro atoms. The molecule has 0 radical (unpaired) electrons. The van der Waals surface area contributed by atoms with E-state index in [1.54, 1.807) is 0 Å². The lowest BCUT2D eigenvalue weighted by Gasteiger charge is -2.16. The van der Waals surface area contributed by atoms with E-state index in [0.717, 1.165) is 36.0 Å². The van der Waals surface area contributed by atoms with Crippen molar-refractivity contribution in [2.75, 3.05) is 19.0 Å². The van der Waals surface area contributed by atoms with Crippen molar-refractivity contribution in [3.63, 3.8) is 0 Å². The van der Waals surface area contributed by atoms with E-state index in [2.05, 4.69) is 15.9 Å². The van der Waals surface area contributed by atoms with Crippen LogP contribution < -0.4 is 0 Å². The quantitative estimate of drug-likeness (QED) is 0.781. The summed E-state index contributed by atoms with van der Waals surface area (Å²) in [5.41, 5.74) is 0.764. The first kappa shape index (κ1) is 12.9. The highest BCUT2D eigenvalue weighted by Crippen LogP contribution is 2.22. The molecule has 0 bridgehead atoms. The van der Waals surface area contributed by atoms with Crippen molar-refractivity contribution in [2.45, 2.75) is 12.8 Å². The van der Waals surface area contributed by atoms with Gasteiger partial charge in [-0.15, -0.1) is 11.6 Å². The first-order valence-electron chi connectivity index (χ1n) is 5.81. The van der Waals surface area contributed by atoms with Crippen LogP contribution in [0.2, 0.25) is 0 Å². The lowest BCUT2D eigenvalue weighted by Crippen LogP contribution is -2.28. The van der Waals surface area contributed by atoms with Crippen molar-refractivity contribution in [1.29, 1.82) is 0 Å². The number of nitrogens with zero attached hydrogens (tertiary/aromatic N) is 1. The van der Waals surface area contributed by atoms with Crippen LogP contribution in [0, 0.1) is 5.92 Å². The van der Waals surface area contributed by atoms with Gasteiger partial charge in [-0.25, -0.2) is 0 Å². The Morgan fingerprint density at radius 3 is 2.76 bits per heavy atom. The maximum absolute atomic E-state index is 12.2. The zero-order valence-electron chi connectivity index (χ0n) is 9.53. The zero-order chi connectivity index (χ0) is 12.3. The van der Waals surface area contributed by atoms with Crippen LogP contribution in [0.3, 0.4) is 0 Å². The molecule has 0 aliphatic carbocycles. The van der Waals surface area contributed by atoms with Crippen LogP contribution in [0.25, 0.3) is 0 Å². The first-order valence-corrected chi connectivity index (χ1v) is 7.14. The Labute approximate surface area is 115 Å². The molecule has 1 fully saturated rings. The van der Waals surface area contributed by atoms with Crippen molar-refractivity contribution in [3.8, 4) is 0 Å². The fourth-order valence-corrected chi connectivity index (χ4v) is 2.76. The number of hydrogen-bond donors (Lipinski definition) is 0. The fourth-order valence-electron chi connectivity index (χ4n) is 2.18. The molecule has 1 heterocycles. The summed E-state index contributed by atoms with van der Waals surface area (Å²) in [6.07, 6.45) is 2.08. The summed E-state index contributed by atoms with van der Waals surface area (Å²) in [5.74, 6) is 1.40. The Morgan fingerprint density at radius 1 is 1.41 bits per heavy atom. The number of halogens is 2. The SMILES string of the molecule is O=C(c1ccc(Br)cc1)N1CCC(CCCl)C1. The van der Waals surface area contributed by atoms with Crippen LogP contribution in [0.1, 0.15) is 23.2 Å². The Hall–Kier alpha value is -0.540. The van der Waals surface area contributed by atoms with Crippen molar-refractivity contribution in [1.82, 2.24) is 4.90 Å². The molecule has 1 unspecified atom stereocenters. The van der Waals surface area contributed by atoms with Crippen LogP contribution >= 0.6 is 27.5 Å². The second-order valence-electron chi connectivity index (χ2n) is 4.39. The lowest BCUT2D eigenvalue weighted by molar-refractivity contribution is 0.0787. The highest BCUT2D eigenvalue weighted by molar-refractivity contribution is 9.10. The summed E-state index contributed by atoms with van der Waals surface area (Å²) in [5, 5.41) is 0. The van der Waals surface area contributed by atoms with Gasteiger partial charge in [0.05, 0.1) is 0 Å². The third kappa shape index (κ3) is 3.23. The molecular formula is C13H15BrClNO. The molecule has 1 amide bonds. The van der Waals surface area contributed by atoms with Gasteiger partial charge < -0.3 is 4.90 Å². The number of alkyl halides is 1. The molecule has 0 saturated carbocycles. The number of hydrogen-bond acceptors (Lipinski definition) is 1. The van der Waals surface area contributed by atoms with E-state index >= 15 is 0 Å². The maximum Gasteiger partial charge on any atom is 0.253 e. The number of rotatable bonds is 3. The van der Waals surface area contributed by atoms with Crippen LogP contribution in [0.15, 0.2) is 28.7 Å². The molecule has 4 heteroatoms. The summed E-state index contributed by atoms with van der Waals surface area (Å²) in [4.78, 5) is 14.1. The van der Waals surface area contributed by atoms with Gasteiger partial charge in [0.25, 0.3) is 5.91 Å². The minimum atomic E-state index is 0.134. The zero-order valence-corrected chi connectivity index (χ0v) is 11.9. The molecule has 1 aromatic carbocycles. The largest absolute Gasteiger partial charge is 0.338 e. The average molecular weight is 317 g/mol. The Kier molecular flexibility index (Phi) is 4.46. The second kappa shape index (κ2) is 5.87. The van der Waals surface area contributed by atoms with E-state index in [9.17, 15) is 4.79 Å². The summed E-state index contributed by atoms with van der Waals surface area (Å²) in [7, 11) is 0. The minimum absolute atomic E-state index is 0.134. The van der Waals surface area contributed by atoms with Gasteiger partial charge in [-0.05, 0) is 43.0 Å². The van der Waals surface area contributed by atoms with Gasteiger partial charge in [0, 0.05) is 29.0 Å². The van der Waals surface area contributed by atoms with Crippen molar-refractivity contribution in [2.24, 2.45) is 5.92 Å². The van der Waals surface area contributed by atoms with Gasteiger partial charge in [-0.3, -0.25) is 4.79 Å². The molecule has 0 aromatic heterocycles. The standard InChI is InChI=1S/C13H15BrClNO/c14-12-3-1-11(2-4-12)13(17)16-8-6-10(9-16)5-7-15/h1-4,10H,5-9H2. The van der Waals surface area contributed by atoms with E-state index < -0.39 is 0 Å². The Morgan fingerprint density at radius 2 is 2.12 bits per heavy atom. The van der Waals surface area contributed by atoms with Crippen LogP contribution in [0.4, 0.5) is 0 Å². The van der Waals surface area contributed by atoms with Gasteiger partial charge in [0.15, 0.2) is 0 Å². The van der Waals surface area contributed by atoms with E-state index in [-0.39, 0.29) is 5.91 Å². The van der Waals surface area contributed by atoms with Gasteiger partial charge >= 0.3 is 0 Å². The van der Waals surface area contributed by atoms with Crippen molar-refractivity contribution in [3.05, 3.63) is 34.3 Å². The van der Waals surface area contributed by atoms with E-state index in [1.807, 2.05) is 29.2 Å². The molecule has 2 rings (SSSR count). The van der Waals surface area contributed by atoms with Crippen molar-refractivity contribution >= 4 is 33.4 Å². The molecule has 17 heavy (non-hydrogen) atoms. The second-order valence-corrected chi connectivity index (χ2v) is 5.68. The molecule has 1 atom stereocenters. The predicted octanol–water partition coefficient (Wildman–Crippen LogP) is 3.54. The highest BCUT2D eigenvalue weighted by atomic mass is 79.9. The monoisotopic (exact) mass is 315 g/mol. The molecule has 1 aliphatic rings. The molecule has 92 valence electrons. The Balaban J connectivity index is 1.99. The number of carbonyl (C=O) groups is 1. The number of likely N-dealkylation sites (tertiary alicyclic amines) is 1. The van der Waals surface area contributed by atoms with Crippen LogP contribution in [-0.2, 0) is 0 Å². The number of carbonyl (C=O) groups excluding carboxylic acids is 1. The summed E-state index contributed by atoms with van der Waals surface area (Å²) >= 11 is 9.10. The number of amides is 1.